The van der Waals surface area contributed by atoms with Crippen molar-refractivity contribution in [2.24, 2.45) is 7.05 Å². The second-order valence-corrected chi connectivity index (χ2v) is 5.62. The number of para-hydroxylation sites is 1. The van der Waals surface area contributed by atoms with Crippen molar-refractivity contribution in [2.45, 2.75) is 12.2 Å². The van der Waals surface area contributed by atoms with E-state index in [1.54, 1.807) is 23.0 Å². The van der Waals surface area contributed by atoms with E-state index >= 15 is 0 Å². The minimum atomic E-state index is -4.51. The summed E-state index contributed by atoms with van der Waals surface area (Å²) in [5.41, 5.74) is -0.218. The molecule has 3 rings (SSSR count). The number of nitrogens with zero attached hydrogens (tertiary/aromatic N) is 3. The van der Waals surface area contributed by atoms with E-state index in [0.717, 1.165) is 11.6 Å². The van der Waals surface area contributed by atoms with Crippen LogP contribution >= 0.6 is 0 Å². The number of aromatic nitrogens is 3. The molecule has 2 aromatic heterocycles. The highest BCUT2D eigenvalue weighted by atomic mass is 19.4. The Morgan fingerprint density at radius 1 is 1.12 bits per heavy atom. The molecule has 0 spiro atoms. The zero-order valence-corrected chi connectivity index (χ0v) is 14.2. The molecule has 5 nitrogen and oxygen atoms in total. The number of benzene rings is 1. The zero-order valence-electron chi connectivity index (χ0n) is 14.2. The van der Waals surface area contributed by atoms with Crippen LogP contribution in [-0.2, 0) is 13.2 Å². The summed E-state index contributed by atoms with van der Waals surface area (Å²) < 4.78 is 46.1. The van der Waals surface area contributed by atoms with Gasteiger partial charge in [0.1, 0.15) is 29.1 Å². The quantitative estimate of drug-likeness (QED) is 0.744. The molecule has 0 aliphatic carbocycles. The largest absolute Gasteiger partial charge is 0.496 e. The third kappa shape index (κ3) is 3.63. The number of pyridine rings is 1. The number of rotatable bonds is 5. The van der Waals surface area contributed by atoms with Crippen molar-refractivity contribution in [3.8, 4) is 5.75 Å². The summed E-state index contributed by atoms with van der Waals surface area (Å²) in [5.74, 6) is 1.31. The van der Waals surface area contributed by atoms with Crippen LogP contribution in [0.1, 0.15) is 23.1 Å². The van der Waals surface area contributed by atoms with Crippen LogP contribution in [0.3, 0.4) is 0 Å². The standard InChI is InChI=1S/C18H17F3N4O/c1-25-11-10-22-17(25)16(12-6-3-4-7-13(12)26-2)24-15-9-5-8-14(23-15)18(19,20)21/h3-11,16H,1-2H3,(H,23,24). The summed E-state index contributed by atoms with van der Waals surface area (Å²) in [7, 11) is 3.35. The van der Waals surface area contributed by atoms with Crippen molar-refractivity contribution in [1.82, 2.24) is 14.5 Å². The lowest BCUT2D eigenvalue weighted by Gasteiger charge is -2.22. The maximum absolute atomic E-state index is 13.0. The molecule has 3 aromatic rings. The molecule has 8 heteroatoms. The molecule has 0 radical (unpaired) electrons. The van der Waals surface area contributed by atoms with Gasteiger partial charge in [0.2, 0.25) is 0 Å². The number of methoxy groups -OCH3 is 1. The van der Waals surface area contributed by atoms with E-state index < -0.39 is 17.9 Å². The van der Waals surface area contributed by atoms with Crippen molar-refractivity contribution in [2.75, 3.05) is 12.4 Å². The van der Waals surface area contributed by atoms with E-state index in [1.165, 1.54) is 19.2 Å². The molecular formula is C18H17F3N4O. The molecule has 2 heterocycles. The van der Waals surface area contributed by atoms with Crippen LogP contribution in [0.15, 0.2) is 54.9 Å². The number of ether oxygens (including phenoxy) is 1. The number of hydrogen-bond donors (Lipinski definition) is 1. The highest BCUT2D eigenvalue weighted by molar-refractivity contribution is 5.47. The summed E-state index contributed by atoms with van der Waals surface area (Å²) >= 11 is 0. The van der Waals surface area contributed by atoms with Gasteiger partial charge in [-0.05, 0) is 18.2 Å². The summed E-state index contributed by atoms with van der Waals surface area (Å²) in [6, 6.07) is 10.5. The normalized spacial score (nSPS) is 12.7. The van der Waals surface area contributed by atoms with Gasteiger partial charge in [0, 0.05) is 25.0 Å². The predicted octanol–water partition coefficient (Wildman–Crippen LogP) is 4.04. The van der Waals surface area contributed by atoms with Gasteiger partial charge in [-0.3, -0.25) is 0 Å². The Balaban J connectivity index is 2.04. The van der Waals surface area contributed by atoms with E-state index in [0.29, 0.717) is 11.6 Å². The molecule has 0 aliphatic heterocycles. The summed E-state index contributed by atoms with van der Waals surface area (Å²) in [5, 5.41) is 3.05. The average molecular weight is 362 g/mol. The number of alkyl halides is 3. The maximum Gasteiger partial charge on any atom is 0.433 e. The van der Waals surface area contributed by atoms with Gasteiger partial charge in [-0.2, -0.15) is 13.2 Å². The first-order valence-corrected chi connectivity index (χ1v) is 7.81. The first-order chi connectivity index (χ1) is 12.4. The van der Waals surface area contributed by atoms with Gasteiger partial charge in [0.15, 0.2) is 0 Å². The molecule has 0 bridgehead atoms. The first kappa shape index (κ1) is 17.8. The lowest BCUT2D eigenvalue weighted by Crippen LogP contribution is -2.19. The number of halogens is 3. The SMILES string of the molecule is COc1ccccc1C(Nc1cccc(C(F)(F)F)n1)c1nccn1C. The highest BCUT2D eigenvalue weighted by Crippen LogP contribution is 2.33. The van der Waals surface area contributed by atoms with Crippen LogP contribution < -0.4 is 10.1 Å². The van der Waals surface area contributed by atoms with E-state index in [1.807, 2.05) is 25.2 Å². The third-order valence-electron chi connectivity index (χ3n) is 3.90. The Morgan fingerprint density at radius 3 is 2.54 bits per heavy atom. The van der Waals surface area contributed by atoms with Gasteiger partial charge < -0.3 is 14.6 Å². The fourth-order valence-corrected chi connectivity index (χ4v) is 2.66. The zero-order chi connectivity index (χ0) is 18.7. The van der Waals surface area contributed by atoms with E-state index in [4.69, 9.17) is 4.74 Å². The minimum Gasteiger partial charge on any atom is -0.496 e. The number of nitrogens with one attached hydrogen (secondary N) is 1. The smallest absolute Gasteiger partial charge is 0.433 e. The van der Waals surface area contributed by atoms with Crippen molar-refractivity contribution < 1.29 is 17.9 Å². The Kier molecular flexibility index (Phi) is 4.83. The van der Waals surface area contributed by atoms with Crippen LogP contribution in [0.2, 0.25) is 0 Å². The molecule has 0 saturated carbocycles. The second-order valence-electron chi connectivity index (χ2n) is 5.62. The Labute approximate surface area is 148 Å². The molecule has 0 aliphatic rings. The Hall–Kier alpha value is -3.03. The number of aryl methyl sites for hydroxylation is 1. The van der Waals surface area contributed by atoms with E-state index in [9.17, 15) is 13.2 Å². The molecule has 0 fully saturated rings. The van der Waals surface area contributed by atoms with E-state index in [-0.39, 0.29) is 5.82 Å². The van der Waals surface area contributed by atoms with Crippen molar-refractivity contribution in [3.05, 3.63) is 71.9 Å². The molecule has 26 heavy (non-hydrogen) atoms. The van der Waals surface area contributed by atoms with Gasteiger partial charge >= 0.3 is 6.18 Å². The van der Waals surface area contributed by atoms with Gasteiger partial charge in [0.25, 0.3) is 0 Å². The van der Waals surface area contributed by atoms with Crippen molar-refractivity contribution in [1.29, 1.82) is 0 Å². The van der Waals surface area contributed by atoms with Gasteiger partial charge in [-0.25, -0.2) is 9.97 Å². The van der Waals surface area contributed by atoms with Gasteiger partial charge in [-0.15, -0.1) is 0 Å². The first-order valence-electron chi connectivity index (χ1n) is 7.81. The van der Waals surface area contributed by atoms with Crippen LogP contribution in [-0.4, -0.2) is 21.6 Å². The topological polar surface area (TPSA) is 52.0 Å². The lowest BCUT2D eigenvalue weighted by atomic mass is 10.0. The Morgan fingerprint density at radius 2 is 1.88 bits per heavy atom. The molecule has 1 atom stereocenters. The average Bonchev–Trinajstić information content (AvgIpc) is 3.05. The fraction of sp³-hybridized carbons (Fsp3) is 0.222. The number of imidazole rings is 1. The van der Waals surface area contributed by atoms with Crippen LogP contribution in [0.4, 0.5) is 19.0 Å². The van der Waals surface area contributed by atoms with Gasteiger partial charge in [-0.1, -0.05) is 24.3 Å². The maximum atomic E-state index is 13.0. The van der Waals surface area contributed by atoms with Gasteiger partial charge in [0.05, 0.1) is 7.11 Å². The highest BCUT2D eigenvalue weighted by Gasteiger charge is 2.33. The summed E-state index contributed by atoms with van der Waals surface area (Å²) in [6.07, 6.45) is -1.13. The van der Waals surface area contributed by atoms with Crippen molar-refractivity contribution in [3.63, 3.8) is 0 Å². The predicted molar refractivity (Wildman–Crippen MR) is 90.9 cm³/mol. The molecule has 0 saturated heterocycles. The monoisotopic (exact) mass is 362 g/mol. The third-order valence-corrected chi connectivity index (χ3v) is 3.90. The molecule has 1 N–H and O–H groups in total. The Bertz CT molecular complexity index is 892. The number of hydrogen-bond acceptors (Lipinski definition) is 4. The van der Waals surface area contributed by atoms with Crippen molar-refractivity contribution >= 4 is 5.82 Å². The molecule has 0 amide bonds. The second kappa shape index (κ2) is 7.07. The fourth-order valence-electron chi connectivity index (χ4n) is 2.66. The minimum absolute atomic E-state index is 0.0960. The number of anilines is 1. The van der Waals surface area contributed by atoms with E-state index in [2.05, 4.69) is 15.3 Å². The molecule has 136 valence electrons. The summed E-state index contributed by atoms with van der Waals surface area (Å²) in [4.78, 5) is 8.02. The van der Waals surface area contributed by atoms with Crippen LogP contribution in [0.25, 0.3) is 0 Å². The molecular weight excluding hydrogens is 345 g/mol. The van der Waals surface area contributed by atoms with Crippen LogP contribution in [0.5, 0.6) is 5.75 Å². The molecule has 1 unspecified atom stereocenters. The lowest BCUT2D eigenvalue weighted by molar-refractivity contribution is -0.141. The summed E-state index contributed by atoms with van der Waals surface area (Å²) in [6.45, 7) is 0. The molecule has 1 aromatic carbocycles. The van der Waals surface area contributed by atoms with Crippen LogP contribution in [0, 0.1) is 0 Å².